The molecule has 9 heteroatoms. The van der Waals surface area contributed by atoms with E-state index < -0.39 is 11.9 Å². The molecule has 0 aliphatic carbocycles. The molecule has 0 fully saturated rings. The second kappa shape index (κ2) is 9.67. The van der Waals surface area contributed by atoms with Crippen molar-refractivity contribution in [1.82, 2.24) is 15.0 Å². The van der Waals surface area contributed by atoms with Crippen molar-refractivity contribution in [1.29, 1.82) is 0 Å². The summed E-state index contributed by atoms with van der Waals surface area (Å²) in [6.07, 6.45) is 1.61. The van der Waals surface area contributed by atoms with Gasteiger partial charge in [-0.3, -0.25) is 19.9 Å². The topological polar surface area (TPSA) is 94.1 Å². The summed E-state index contributed by atoms with van der Waals surface area (Å²) in [5.74, 6) is -0.905. The number of nitrogens with zero attached hydrogens (tertiary/aromatic N) is 3. The summed E-state index contributed by atoms with van der Waals surface area (Å²) in [7, 11) is 0. The van der Waals surface area contributed by atoms with Crippen LogP contribution in [0.25, 0.3) is 22.3 Å². The molecule has 1 N–H and O–H groups in total. The monoisotopic (exact) mass is 450 g/mol. The maximum Gasteiger partial charge on any atom is 0.316 e. The number of thioether (sulfide) groups is 1. The Morgan fingerprint density at radius 1 is 1.06 bits per heavy atom. The first-order valence-electron chi connectivity index (χ1n) is 9.39. The van der Waals surface area contributed by atoms with Gasteiger partial charge in [0.15, 0.2) is 11.7 Å². The predicted molar refractivity (Wildman–Crippen MR) is 122 cm³/mol. The van der Waals surface area contributed by atoms with Crippen LogP contribution in [0.1, 0.15) is 5.56 Å². The normalized spacial score (nSPS) is 10.7. The number of esters is 1. The first kappa shape index (κ1) is 21.0. The van der Waals surface area contributed by atoms with Crippen molar-refractivity contribution in [2.75, 3.05) is 17.7 Å². The molecular weight excluding hydrogens is 432 g/mol. The number of nitrogens with one attached hydrogen (secondary N) is 1. The summed E-state index contributed by atoms with van der Waals surface area (Å²) in [6, 6.07) is 15.5. The molecule has 0 spiro atoms. The molecule has 4 aromatic rings. The van der Waals surface area contributed by atoms with E-state index in [9.17, 15) is 9.59 Å². The largest absolute Gasteiger partial charge is 0.455 e. The number of hydrogen-bond acceptors (Lipinski definition) is 8. The SMILES string of the molecule is Cc1ccc(-c2csc(NC(=O)COC(=O)CSc3cnc4ccccc4n3)n2)cc1. The van der Waals surface area contributed by atoms with Crippen LogP contribution in [0, 0.1) is 6.92 Å². The molecule has 1 amide bonds. The van der Waals surface area contributed by atoms with E-state index >= 15 is 0 Å². The van der Waals surface area contributed by atoms with E-state index in [-0.39, 0.29) is 12.4 Å². The van der Waals surface area contributed by atoms with Gasteiger partial charge in [0.25, 0.3) is 5.91 Å². The standard InChI is InChI=1S/C22H18N4O3S2/c1-14-6-8-15(9-7-14)18-12-31-22(25-18)26-19(27)11-29-21(28)13-30-20-10-23-16-4-2-3-5-17(16)24-20/h2-10,12H,11,13H2,1H3,(H,25,26,27). The lowest BCUT2D eigenvalue weighted by Gasteiger charge is -2.05. The molecule has 7 nitrogen and oxygen atoms in total. The Kier molecular flexibility index (Phi) is 6.54. The fraction of sp³-hybridized carbons (Fsp3) is 0.136. The van der Waals surface area contributed by atoms with Gasteiger partial charge >= 0.3 is 5.97 Å². The van der Waals surface area contributed by atoms with Gasteiger partial charge in [-0.1, -0.05) is 53.7 Å². The van der Waals surface area contributed by atoms with Gasteiger partial charge in [0.2, 0.25) is 0 Å². The first-order valence-corrected chi connectivity index (χ1v) is 11.3. The molecule has 0 unspecified atom stereocenters. The zero-order valence-electron chi connectivity index (χ0n) is 16.6. The number of fused-ring (bicyclic) bond motifs is 1. The second-order valence-electron chi connectivity index (χ2n) is 6.60. The van der Waals surface area contributed by atoms with E-state index in [1.807, 2.05) is 60.8 Å². The molecule has 4 rings (SSSR count). The van der Waals surface area contributed by atoms with E-state index in [1.165, 1.54) is 28.7 Å². The fourth-order valence-electron chi connectivity index (χ4n) is 2.67. The molecule has 31 heavy (non-hydrogen) atoms. The van der Waals surface area contributed by atoms with E-state index in [2.05, 4.69) is 20.3 Å². The number of para-hydroxylation sites is 2. The van der Waals surface area contributed by atoms with Crippen LogP contribution in [-0.4, -0.2) is 39.2 Å². The Hall–Kier alpha value is -3.30. The van der Waals surface area contributed by atoms with Crippen LogP contribution in [0.5, 0.6) is 0 Å². The fourth-order valence-corrected chi connectivity index (χ4v) is 4.05. The molecular formula is C22H18N4O3S2. The quantitative estimate of drug-likeness (QED) is 0.331. The van der Waals surface area contributed by atoms with Gasteiger partial charge in [0.1, 0.15) is 5.03 Å². The number of rotatable bonds is 7. The lowest BCUT2D eigenvalue weighted by atomic mass is 10.1. The number of amides is 1. The Bertz CT molecular complexity index is 1220. The summed E-state index contributed by atoms with van der Waals surface area (Å²) in [5.41, 5.74) is 4.47. The van der Waals surface area contributed by atoms with Gasteiger partial charge in [-0.05, 0) is 19.1 Å². The molecule has 2 heterocycles. The van der Waals surface area contributed by atoms with Crippen LogP contribution in [0.15, 0.2) is 65.1 Å². The molecule has 0 saturated heterocycles. The van der Waals surface area contributed by atoms with E-state index in [0.29, 0.717) is 10.2 Å². The number of benzene rings is 2. The van der Waals surface area contributed by atoms with Crippen LogP contribution in [0.2, 0.25) is 0 Å². The van der Waals surface area contributed by atoms with Crippen LogP contribution >= 0.6 is 23.1 Å². The van der Waals surface area contributed by atoms with Crippen molar-refractivity contribution < 1.29 is 14.3 Å². The zero-order valence-corrected chi connectivity index (χ0v) is 18.2. The van der Waals surface area contributed by atoms with Crippen LogP contribution in [0.3, 0.4) is 0 Å². The summed E-state index contributed by atoms with van der Waals surface area (Å²) >= 11 is 2.53. The van der Waals surface area contributed by atoms with Crippen molar-refractivity contribution in [2.45, 2.75) is 11.9 Å². The van der Waals surface area contributed by atoms with Gasteiger partial charge in [-0.15, -0.1) is 11.3 Å². The van der Waals surface area contributed by atoms with Gasteiger partial charge in [-0.25, -0.2) is 9.97 Å². The van der Waals surface area contributed by atoms with Gasteiger partial charge in [0.05, 0.1) is 28.7 Å². The number of thiazole rings is 1. The number of aromatic nitrogens is 3. The molecule has 0 saturated carbocycles. The highest BCUT2D eigenvalue weighted by Crippen LogP contribution is 2.25. The summed E-state index contributed by atoms with van der Waals surface area (Å²) in [6.45, 7) is 1.65. The van der Waals surface area contributed by atoms with Gasteiger partial charge in [-0.2, -0.15) is 0 Å². The van der Waals surface area contributed by atoms with Crippen molar-refractivity contribution in [2.24, 2.45) is 0 Å². The van der Waals surface area contributed by atoms with Crippen molar-refractivity contribution in [3.63, 3.8) is 0 Å². The zero-order chi connectivity index (χ0) is 21.6. The maximum absolute atomic E-state index is 12.1. The van der Waals surface area contributed by atoms with Crippen LogP contribution < -0.4 is 5.32 Å². The number of hydrogen-bond donors (Lipinski definition) is 1. The van der Waals surface area contributed by atoms with Crippen molar-refractivity contribution >= 4 is 51.1 Å². The third-order valence-electron chi connectivity index (χ3n) is 4.23. The van der Waals surface area contributed by atoms with Crippen molar-refractivity contribution in [3.05, 3.63) is 65.7 Å². The molecule has 2 aromatic carbocycles. The molecule has 0 aliphatic rings. The average Bonchev–Trinajstić information content (AvgIpc) is 3.25. The second-order valence-corrected chi connectivity index (χ2v) is 8.45. The van der Waals surface area contributed by atoms with E-state index in [4.69, 9.17) is 4.74 Å². The van der Waals surface area contributed by atoms with Crippen molar-refractivity contribution in [3.8, 4) is 11.3 Å². The maximum atomic E-state index is 12.1. The minimum Gasteiger partial charge on any atom is -0.455 e. The molecule has 2 aromatic heterocycles. The Labute approximate surface area is 186 Å². The summed E-state index contributed by atoms with van der Waals surface area (Å²) < 4.78 is 5.05. The molecule has 0 bridgehead atoms. The van der Waals surface area contributed by atoms with Gasteiger partial charge in [0, 0.05) is 10.9 Å². The minimum absolute atomic E-state index is 0.0368. The summed E-state index contributed by atoms with van der Waals surface area (Å²) in [4.78, 5) is 37.2. The smallest absolute Gasteiger partial charge is 0.316 e. The van der Waals surface area contributed by atoms with Gasteiger partial charge < -0.3 is 4.74 Å². The lowest BCUT2D eigenvalue weighted by molar-refractivity contribution is -0.144. The third-order valence-corrected chi connectivity index (χ3v) is 5.86. The Balaban J connectivity index is 1.24. The molecule has 0 aliphatic heterocycles. The molecule has 156 valence electrons. The highest BCUT2D eigenvalue weighted by molar-refractivity contribution is 7.99. The summed E-state index contributed by atoms with van der Waals surface area (Å²) in [5, 5.41) is 5.60. The Morgan fingerprint density at radius 3 is 2.65 bits per heavy atom. The minimum atomic E-state index is -0.505. The number of aryl methyl sites for hydroxylation is 1. The number of ether oxygens (including phenoxy) is 1. The highest BCUT2D eigenvalue weighted by Gasteiger charge is 2.12. The van der Waals surface area contributed by atoms with Crippen LogP contribution in [0.4, 0.5) is 5.13 Å². The first-order chi connectivity index (χ1) is 15.1. The van der Waals surface area contributed by atoms with Crippen LogP contribution in [-0.2, 0) is 14.3 Å². The van der Waals surface area contributed by atoms with E-state index in [0.717, 1.165) is 22.3 Å². The number of carbonyl (C=O) groups excluding carboxylic acids is 2. The number of anilines is 1. The lowest BCUT2D eigenvalue weighted by Crippen LogP contribution is -2.21. The molecule has 0 radical (unpaired) electrons. The highest BCUT2D eigenvalue weighted by atomic mass is 32.2. The Morgan fingerprint density at radius 2 is 1.84 bits per heavy atom. The molecule has 0 atom stereocenters. The third kappa shape index (κ3) is 5.65. The average molecular weight is 451 g/mol. The predicted octanol–water partition coefficient (Wildman–Crippen LogP) is 4.34. The number of carbonyl (C=O) groups is 2. The van der Waals surface area contributed by atoms with E-state index in [1.54, 1.807) is 6.20 Å².